The fraction of sp³-hybridized carbons (Fsp3) is 0.450. The number of ether oxygens (including phenoxy) is 1. The van der Waals surface area contributed by atoms with Crippen LogP contribution in [0.4, 0.5) is 0 Å². The Bertz CT molecular complexity index is 923. The third-order valence-electron chi connectivity index (χ3n) is 4.09. The van der Waals surface area contributed by atoms with Gasteiger partial charge in [-0.3, -0.25) is 0 Å². The quantitative estimate of drug-likeness (QED) is 0.465. The fourth-order valence-electron chi connectivity index (χ4n) is 2.45. The Hall–Kier alpha value is -2.10. The monoisotopic (exact) mass is 438 g/mol. The minimum atomic E-state index is -3.40. The number of para-hydroxylation sites is 1. The summed E-state index contributed by atoms with van der Waals surface area (Å²) >= 11 is 1.24. The topological polar surface area (TPSA) is 83.0 Å². The van der Waals surface area contributed by atoms with Crippen LogP contribution in [0.5, 0.6) is 5.75 Å². The van der Waals surface area contributed by atoms with Crippen LogP contribution in [-0.4, -0.2) is 52.0 Å². The SMILES string of the molecule is CCNC(=NCc1ccc(S(=O)(=O)N(C)C)s1)NCC(C)Oc1ccccc1C. The molecule has 0 aliphatic carbocycles. The maximum atomic E-state index is 12.2. The molecule has 0 saturated heterocycles. The minimum Gasteiger partial charge on any atom is -0.489 e. The Morgan fingerprint density at radius 1 is 1.21 bits per heavy atom. The zero-order valence-corrected chi connectivity index (χ0v) is 19.2. The second-order valence-electron chi connectivity index (χ2n) is 6.78. The fourth-order valence-corrected chi connectivity index (χ4v) is 4.90. The van der Waals surface area contributed by atoms with E-state index in [0.717, 1.165) is 22.7 Å². The lowest BCUT2D eigenvalue weighted by molar-refractivity contribution is 0.222. The van der Waals surface area contributed by atoms with Crippen molar-refractivity contribution >= 4 is 27.3 Å². The summed E-state index contributed by atoms with van der Waals surface area (Å²) in [5, 5.41) is 6.48. The number of hydrogen-bond acceptors (Lipinski definition) is 5. The standard InChI is InChI=1S/C20H30N4O3S2/c1-6-21-20(22-13-16(3)27-18-10-8-7-9-15(18)2)23-14-17-11-12-19(28-17)29(25,26)24(4)5/h7-12,16H,6,13-14H2,1-5H3,(H2,21,22,23). The van der Waals surface area contributed by atoms with Crippen LogP contribution in [0.15, 0.2) is 45.6 Å². The van der Waals surface area contributed by atoms with Gasteiger partial charge in [0, 0.05) is 25.5 Å². The second kappa shape index (κ2) is 10.6. The Labute approximate surface area is 177 Å². The van der Waals surface area contributed by atoms with Crippen molar-refractivity contribution < 1.29 is 13.2 Å². The van der Waals surface area contributed by atoms with Gasteiger partial charge in [-0.2, -0.15) is 0 Å². The first-order chi connectivity index (χ1) is 13.7. The van der Waals surface area contributed by atoms with Crippen molar-refractivity contribution in [1.29, 1.82) is 0 Å². The van der Waals surface area contributed by atoms with E-state index in [1.54, 1.807) is 12.1 Å². The summed E-state index contributed by atoms with van der Waals surface area (Å²) in [4.78, 5) is 5.44. The molecule has 1 atom stereocenters. The number of thiophene rings is 1. The van der Waals surface area contributed by atoms with Crippen molar-refractivity contribution in [2.45, 2.75) is 37.6 Å². The number of aliphatic imine (C=N–C) groups is 1. The molecule has 9 heteroatoms. The van der Waals surface area contributed by atoms with Crippen LogP contribution < -0.4 is 15.4 Å². The van der Waals surface area contributed by atoms with Gasteiger partial charge in [-0.1, -0.05) is 18.2 Å². The van der Waals surface area contributed by atoms with E-state index in [9.17, 15) is 8.42 Å². The third-order valence-corrected chi connectivity index (χ3v) is 7.44. The summed E-state index contributed by atoms with van der Waals surface area (Å²) in [6, 6.07) is 11.4. The molecule has 0 aliphatic rings. The Morgan fingerprint density at radius 3 is 2.59 bits per heavy atom. The molecular formula is C20H30N4O3S2. The molecule has 2 rings (SSSR count). The van der Waals surface area contributed by atoms with Gasteiger partial charge in [0.1, 0.15) is 16.1 Å². The molecule has 0 bridgehead atoms. The van der Waals surface area contributed by atoms with Crippen LogP contribution >= 0.6 is 11.3 Å². The van der Waals surface area contributed by atoms with Crippen molar-refractivity contribution in [3.8, 4) is 5.75 Å². The van der Waals surface area contributed by atoms with E-state index < -0.39 is 10.0 Å². The van der Waals surface area contributed by atoms with Crippen molar-refractivity contribution in [3.05, 3.63) is 46.8 Å². The van der Waals surface area contributed by atoms with Crippen molar-refractivity contribution in [2.24, 2.45) is 4.99 Å². The van der Waals surface area contributed by atoms with E-state index in [1.165, 1.54) is 29.7 Å². The van der Waals surface area contributed by atoms with E-state index >= 15 is 0 Å². The van der Waals surface area contributed by atoms with E-state index in [2.05, 4.69) is 15.6 Å². The molecule has 1 unspecified atom stereocenters. The van der Waals surface area contributed by atoms with Crippen LogP contribution in [-0.2, 0) is 16.6 Å². The number of benzene rings is 1. The average Bonchev–Trinajstić information content (AvgIpc) is 3.15. The predicted octanol–water partition coefficient (Wildman–Crippen LogP) is 2.83. The highest BCUT2D eigenvalue weighted by atomic mass is 32.2. The molecule has 0 saturated carbocycles. The summed E-state index contributed by atoms with van der Waals surface area (Å²) in [6.07, 6.45) is -0.0430. The summed E-state index contributed by atoms with van der Waals surface area (Å²) in [5.74, 6) is 1.54. The van der Waals surface area contributed by atoms with E-state index in [4.69, 9.17) is 4.74 Å². The van der Waals surface area contributed by atoms with Gasteiger partial charge in [0.15, 0.2) is 5.96 Å². The molecule has 7 nitrogen and oxygen atoms in total. The maximum absolute atomic E-state index is 12.2. The first kappa shape index (κ1) is 23.2. The number of nitrogens with one attached hydrogen (secondary N) is 2. The number of sulfonamides is 1. The third kappa shape index (κ3) is 6.73. The van der Waals surface area contributed by atoms with Crippen LogP contribution in [0, 0.1) is 6.92 Å². The van der Waals surface area contributed by atoms with Crippen LogP contribution in [0.3, 0.4) is 0 Å². The number of guanidine groups is 1. The van der Waals surface area contributed by atoms with Gasteiger partial charge < -0.3 is 15.4 Å². The highest BCUT2D eigenvalue weighted by Crippen LogP contribution is 2.24. The number of nitrogens with zero attached hydrogens (tertiary/aromatic N) is 2. The highest BCUT2D eigenvalue weighted by Gasteiger charge is 2.19. The summed E-state index contributed by atoms with van der Waals surface area (Å²) in [7, 11) is -0.348. The normalized spacial score (nSPS) is 13.4. The Balaban J connectivity index is 1.96. The molecular weight excluding hydrogens is 408 g/mol. The van der Waals surface area contributed by atoms with Gasteiger partial charge in [0.05, 0.1) is 13.1 Å². The van der Waals surface area contributed by atoms with Gasteiger partial charge in [-0.05, 0) is 44.5 Å². The average molecular weight is 439 g/mol. The van der Waals surface area contributed by atoms with Gasteiger partial charge in [0.25, 0.3) is 10.0 Å². The van der Waals surface area contributed by atoms with E-state index in [-0.39, 0.29) is 6.10 Å². The molecule has 2 aromatic rings. The Morgan fingerprint density at radius 2 is 1.93 bits per heavy atom. The zero-order valence-electron chi connectivity index (χ0n) is 17.6. The van der Waals surface area contributed by atoms with Gasteiger partial charge in [0.2, 0.25) is 0 Å². The zero-order chi connectivity index (χ0) is 21.4. The van der Waals surface area contributed by atoms with Gasteiger partial charge in [-0.25, -0.2) is 17.7 Å². The summed E-state index contributed by atoms with van der Waals surface area (Å²) < 4.78 is 31.9. The minimum absolute atomic E-state index is 0.0430. The molecule has 0 radical (unpaired) electrons. The van der Waals surface area contributed by atoms with Crippen LogP contribution in [0.25, 0.3) is 0 Å². The molecule has 1 aromatic heterocycles. The molecule has 0 aliphatic heterocycles. The van der Waals surface area contributed by atoms with Crippen LogP contribution in [0.1, 0.15) is 24.3 Å². The lowest BCUT2D eigenvalue weighted by Gasteiger charge is -2.18. The largest absolute Gasteiger partial charge is 0.489 e. The molecule has 1 aromatic carbocycles. The molecule has 0 amide bonds. The molecule has 2 N–H and O–H groups in total. The molecule has 0 fully saturated rings. The van der Waals surface area contributed by atoms with Gasteiger partial charge >= 0.3 is 0 Å². The number of rotatable bonds is 9. The van der Waals surface area contributed by atoms with Crippen molar-refractivity contribution in [3.63, 3.8) is 0 Å². The summed E-state index contributed by atoms with van der Waals surface area (Å²) in [6.45, 7) is 7.73. The lowest BCUT2D eigenvalue weighted by atomic mass is 10.2. The van der Waals surface area contributed by atoms with E-state index in [0.29, 0.717) is 23.3 Å². The van der Waals surface area contributed by atoms with Crippen molar-refractivity contribution in [1.82, 2.24) is 14.9 Å². The van der Waals surface area contributed by atoms with Gasteiger partial charge in [-0.15, -0.1) is 11.3 Å². The number of aryl methyl sites for hydroxylation is 1. The molecule has 1 heterocycles. The lowest BCUT2D eigenvalue weighted by Crippen LogP contribution is -2.41. The molecule has 29 heavy (non-hydrogen) atoms. The van der Waals surface area contributed by atoms with Crippen molar-refractivity contribution in [2.75, 3.05) is 27.2 Å². The molecule has 0 spiro atoms. The van der Waals surface area contributed by atoms with Crippen LogP contribution in [0.2, 0.25) is 0 Å². The smallest absolute Gasteiger partial charge is 0.252 e. The van der Waals surface area contributed by atoms with E-state index in [1.807, 2.05) is 45.0 Å². The maximum Gasteiger partial charge on any atom is 0.252 e. The molecule has 160 valence electrons. The predicted molar refractivity (Wildman–Crippen MR) is 119 cm³/mol. The summed E-state index contributed by atoms with van der Waals surface area (Å²) in [5.41, 5.74) is 1.10. The first-order valence-electron chi connectivity index (χ1n) is 9.49. The number of hydrogen-bond donors (Lipinski definition) is 2. The second-order valence-corrected chi connectivity index (χ2v) is 10.3. The first-order valence-corrected chi connectivity index (χ1v) is 11.8. The highest BCUT2D eigenvalue weighted by molar-refractivity contribution is 7.91. The Kier molecular flexibility index (Phi) is 8.48.